The van der Waals surface area contributed by atoms with Crippen LogP contribution in [0.1, 0.15) is 25.3 Å². The van der Waals surface area contributed by atoms with Crippen LogP contribution in [0, 0.1) is 5.41 Å². The maximum absolute atomic E-state index is 5.96. The molecular weight excluding hydrogens is 420 g/mol. The highest BCUT2D eigenvalue weighted by Gasteiger charge is 2.30. The minimum absolute atomic E-state index is 0.232. The Balaban J connectivity index is 1.30. The molecule has 0 spiro atoms. The second-order valence-electron chi connectivity index (χ2n) is 9.02. The minimum Gasteiger partial charge on any atom is -0.355 e. The highest BCUT2D eigenvalue weighted by Crippen LogP contribution is 2.41. The zero-order chi connectivity index (χ0) is 21.7. The Morgan fingerprint density at radius 1 is 1.19 bits per heavy atom. The van der Waals surface area contributed by atoms with Gasteiger partial charge in [0, 0.05) is 42.5 Å². The van der Waals surface area contributed by atoms with E-state index < -0.39 is 0 Å². The number of nitrogens with zero attached hydrogens (tertiary/aromatic N) is 6. The Kier molecular flexibility index (Phi) is 4.62. The van der Waals surface area contributed by atoms with Gasteiger partial charge in [0.05, 0.1) is 6.20 Å². The van der Waals surface area contributed by atoms with Gasteiger partial charge in [-0.15, -0.1) is 11.3 Å². The minimum atomic E-state index is 0.232. The number of piperidine rings is 1. The van der Waals surface area contributed by atoms with E-state index in [1.165, 1.54) is 16.8 Å². The molecule has 5 heterocycles. The van der Waals surface area contributed by atoms with Gasteiger partial charge in [0.1, 0.15) is 10.8 Å². The average molecular weight is 447 g/mol. The van der Waals surface area contributed by atoms with Gasteiger partial charge in [-0.05, 0) is 42.9 Å². The van der Waals surface area contributed by atoms with Gasteiger partial charge in [0.15, 0.2) is 17.0 Å². The second kappa shape index (κ2) is 7.53. The van der Waals surface area contributed by atoms with Crippen molar-refractivity contribution in [2.24, 2.45) is 11.1 Å². The first-order valence-corrected chi connectivity index (χ1v) is 12.0. The molecule has 3 aromatic heterocycles. The summed E-state index contributed by atoms with van der Waals surface area (Å²) in [7, 11) is 0. The van der Waals surface area contributed by atoms with E-state index in [4.69, 9.17) is 15.7 Å². The molecule has 9 heteroatoms. The fourth-order valence-corrected chi connectivity index (χ4v) is 5.50. The number of aromatic amines is 1. The number of rotatable bonds is 4. The molecule has 0 saturated carbocycles. The Morgan fingerprint density at radius 2 is 2.06 bits per heavy atom. The highest BCUT2D eigenvalue weighted by atomic mass is 32.1. The third-order valence-corrected chi connectivity index (χ3v) is 7.78. The highest BCUT2D eigenvalue weighted by molar-refractivity contribution is 7.13. The van der Waals surface area contributed by atoms with Crippen molar-refractivity contribution < 1.29 is 0 Å². The molecule has 0 amide bonds. The number of anilines is 3. The van der Waals surface area contributed by atoms with Gasteiger partial charge in [-0.2, -0.15) is 5.10 Å². The van der Waals surface area contributed by atoms with Crippen LogP contribution in [0.25, 0.3) is 21.7 Å². The molecule has 32 heavy (non-hydrogen) atoms. The summed E-state index contributed by atoms with van der Waals surface area (Å²) in [6, 6.07) is 6.41. The Morgan fingerprint density at radius 3 is 2.84 bits per heavy atom. The van der Waals surface area contributed by atoms with Crippen LogP contribution in [0.3, 0.4) is 0 Å². The van der Waals surface area contributed by atoms with E-state index in [1.54, 1.807) is 11.3 Å². The average Bonchev–Trinajstić information content (AvgIpc) is 3.58. The molecule has 1 saturated heterocycles. The Labute approximate surface area is 190 Å². The van der Waals surface area contributed by atoms with Gasteiger partial charge in [-0.1, -0.05) is 19.1 Å². The van der Waals surface area contributed by atoms with E-state index in [0.717, 1.165) is 73.2 Å². The summed E-state index contributed by atoms with van der Waals surface area (Å²) < 4.78 is 0. The summed E-state index contributed by atoms with van der Waals surface area (Å²) >= 11 is 1.67. The molecule has 8 nitrogen and oxygen atoms in total. The van der Waals surface area contributed by atoms with Crippen molar-refractivity contribution >= 4 is 39.8 Å². The zero-order valence-electron chi connectivity index (χ0n) is 18.1. The predicted octanol–water partition coefficient (Wildman–Crippen LogP) is 3.74. The normalized spacial score (nSPS) is 17.8. The van der Waals surface area contributed by atoms with Crippen LogP contribution in [0.5, 0.6) is 0 Å². The van der Waals surface area contributed by atoms with Crippen molar-refractivity contribution in [3.8, 4) is 10.6 Å². The van der Waals surface area contributed by atoms with Crippen LogP contribution in [-0.4, -0.2) is 51.3 Å². The lowest BCUT2D eigenvalue weighted by molar-refractivity contribution is 0.258. The van der Waals surface area contributed by atoms with Crippen LogP contribution >= 0.6 is 11.3 Å². The van der Waals surface area contributed by atoms with Crippen molar-refractivity contribution in [1.82, 2.24) is 25.1 Å². The molecule has 2 aliphatic rings. The first-order chi connectivity index (χ1) is 15.6. The van der Waals surface area contributed by atoms with Crippen LogP contribution in [0.15, 0.2) is 36.0 Å². The molecule has 1 fully saturated rings. The van der Waals surface area contributed by atoms with Gasteiger partial charge in [0.2, 0.25) is 0 Å². The zero-order valence-corrected chi connectivity index (χ0v) is 18.9. The van der Waals surface area contributed by atoms with E-state index in [-0.39, 0.29) is 5.41 Å². The fourth-order valence-electron chi connectivity index (χ4n) is 4.81. The van der Waals surface area contributed by atoms with Gasteiger partial charge >= 0.3 is 0 Å². The molecule has 1 aromatic carbocycles. The van der Waals surface area contributed by atoms with Crippen molar-refractivity contribution in [3.63, 3.8) is 0 Å². The number of fused-ring (bicyclic) bond motifs is 2. The molecule has 0 bridgehead atoms. The number of benzene rings is 1. The fraction of sp³-hybridized carbons (Fsp3) is 0.391. The summed E-state index contributed by atoms with van der Waals surface area (Å²) in [5.74, 6) is 1.74. The summed E-state index contributed by atoms with van der Waals surface area (Å²) in [6.07, 6.45) is 6.85. The van der Waals surface area contributed by atoms with Gasteiger partial charge < -0.3 is 15.5 Å². The third kappa shape index (κ3) is 3.15. The molecule has 3 N–H and O–H groups in total. The van der Waals surface area contributed by atoms with Crippen LogP contribution in [0.4, 0.5) is 17.3 Å². The van der Waals surface area contributed by atoms with Crippen molar-refractivity contribution in [1.29, 1.82) is 0 Å². The van der Waals surface area contributed by atoms with E-state index in [1.807, 2.05) is 17.8 Å². The topological polar surface area (TPSA) is 99.9 Å². The molecule has 0 aliphatic carbocycles. The first kappa shape index (κ1) is 19.6. The number of aromatic nitrogens is 5. The van der Waals surface area contributed by atoms with Crippen LogP contribution < -0.4 is 15.5 Å². The molecule has 6 rings (SSSR count). The maximum Gasteiger partial charge on any atom is 0.183 e. The lowest BCUT2D eigenvalue weighted by atomic mass is 9.80. The molecular formula is C23H26N8S. The Hall–Kier alpha value is -3.04. The number of thiazole rings is 1. The molecule has 0 radical (unpaired) electrons. The number of nitrogens with two attached hydrogens (primary N) is 1. The van der Waals surface area contributed by atoms with Gasteiger partial charge in [-0.25, -0.2) is 15.0 Å². The number of H-pyrrole nitrogens is 1. The van der Waals surface area contributed by atoms with Gasteiger partial charge in [-0.3, -0.25) is 5.10 Å². The number of nitrogens with one attached hydrogen (secondary N) is 1. The summed E-state index contributed by atoms with van der Waals surface area (Å²) in [5.41, 5.74) is 11.4. The predicted molar refractivity (Wildman–Crippen MR) is 129 cm³/mol. The molecule has 0 unspecified atom stereocenters. The summed E-state index contributed by atoms with van der Waals surface area (Å²) in [4.78, 5) is 18.7. The van der Waals surface area contributed by atoms with Crippen molar-refractivity contribution in [2.75, 3.05) is 36.0 Å². The first-order valence-electron chi connectivity index (χ1n) is 11.1. The monoisotopic (exact) mass is 446 g/mol. The molecule has 4 aromatic rings. The standard InChI is InChI=1S/C23H26N8S/c1-23(14-24)6-10-30(11-7-23)18-13-26-19-20(27-18)28-29-21(19)31-9-5-15-16(3-2-4-17(15)31)22-25-8-12-32-22/h2-4,8,12-13H,5-7,9-11,14,24H2,1H3,(H,27,28,29). The van der Waals surface area contributed by atoms with Crippen molar-refractivity contribution in [3.05, 3.63) is 41.5 Å². The van der Waals surface area contributed by atoms with Gasteiger partial charge in [0.25, 0.3) is 0 Å². The van der Waals surface area contributed by atoms with Crippen LogP contribution in [0.2, 0.25) is 0 Å². The molecule has 164 valence electrons. The Bertz CT molecular complexity index is 1260. The van der Waals surface area contributed by atoms with E-state index >= 15 is 0 Å². The third-order valence-electron chi connectivity index (χ3n) is 6.97. The quantitative estimate of drug-likeness (QED) is 0.493. The smallest absolute Gasteiger partial charge is 0.183 e. The van der Waals surface area contributed by atoms with E-state index in [2.05, 4.69) is 50.1 Å². The molecule has 2 aliphatic heterocycles. The largest absolute Gasteiger partial charge is 0.355 e. The van der Waals surface area contributed by atoms with E-state index in [9.17, 15) is 0 Å². The maximum atomic E-state index is 5.96. The number of hydrogen-bond donors (Lipinski definition) is 2. The SMILES string of the molecule is CC1(CN)CCN(c2cnc3c(N4CCc5c(-c6nccs6)cccc54)n[nH]c3n2)CC1. The van der Waals surface area contributed by atoms with Crippen LogP contribution in [-0.2, 0) is 6.42 Å². The second-order valence-corrected chi connectivity index (χ2v) is 9.91. The van der Waals surface area contributed by atoms with E-state index in [0.29, 0.717) is 0 Å². The lowest BCUT2D eigenvalue weighted by Gasteiger charge is -2.39. The summed E-state index contributed by atoms with van der Waals surface area (Å²) in [6.45, 7) is 5.78. The van der Waals surface area contributed by atoms with Crippen molar-refractivity contribution in [2.45, 2.75) is 26.2 Å². The summed E-state index contributed by atoms with van der Waals surface area (Å²) in [5, 5.41) is 10.8. The lowest BCUT2D eigenvalue weighted by Crippen LogP contribution is -2.42. The number of hydrogen-bond acceptors (Lipinski definition) is 8. The molecule has 0 atom stereocenters.